The lowest BCUT2D eigenvalue weighted by Crippen LogP contribution is -2.06. The monoisotopic (exact) mass is 275 g/mol. The lowest BCUT2D eigenvalue weighted by Gasteiger charge is -2.08. The number of hydrogen-bond acceptors (Lipinski definition) is 2. The number of hydrogen-bond donors (Lipinski definition) is 0. The lowest BCUT2D eigenvalue weighted by atomic mass is 10.3. The third-order valence-electron chi connectivity index (χ3n) is 2.94. The molecule has 0 saturated heterocycles. The summed E-state index contributed by atoms with van der Waals surface area (Å²) in [5, 5.41) is 0. The number of benzene rings is 2. The summed E-state index contributed by atoms with van der Waals surface area (Å²) in [6, 6.07) is 16.6. The molecular formula is C16H19O2S+. The van der Waals surface area contributed by atoms with Crippen LogP contribution in [0, 0.1) is 0 Å². The molecule has 0 amide bonds. The Hall–Kier alpha value is -1.61. The summed E-state index contributed by atoms with van der Waals surface area (Å²) < 4.78 is 10.6. The van der Waals surface area contributed by atoms with Crippen molar-refractivity contribution in [2.45, 2.75) is 16.7 Å². The highest BCUT2D eigenvalue weighted by molar-refractivity contribution is 7.97. The van der Waals surface area contributed by atoms with E-state index in [4.69, 9.17) is 9.47 Å². The van der Waals surface area contributed by atoms with E-state index in [1.165, 1.54) is 9.79 Å². The quantitative estimate of drug-likeness (QED) is 0.774. The highest BCUT2D eigenvalue weighted by Crippen LogP contribution is 2.28. The second kappa shape index (κ2) is 6.53. The van der Waals surface area contributed by atoms with Crippen LogP contribution in [0.15, 0.2) is 58.3 Å². The maximum Gasteiger partial charge on any atom is 0.164 e. The molecule has 0 aliphatic carbocycles. The van der Waals surface area contributed by atoms with Crippen LogP contribution in [0.2, 0.25) is 0 Å². The van der Waals surface area contributed by atoms with Gasteiger partial charge in [-0.1, -0.05) is 12.1 Å². The van der Waals surface area contributed by atoms with E-state index in [0.717, 1.165) is 17.3 Å². The van der Waals surface area contributed by atoms with Gasteiger partial charge in [0.25, 0.3) is 0 Å². The molecule has 0 N–H and O–H groups in total. The number of methoxy groups -OCH3 is 2. The summed E-state index contributed by atoms with van der Waals surface area (Å²) in [7, 11) is 3.46. The fraction of sp³-hybridized carbons (Fsp3) is 0.250. The summed E-state index contributed by atoms with van der Waals surface area (Å²) in [4.78, 5) is 2.60. The first-order valence-electron chi connectivity index (χ1n) is 6.27. The molecule has 0 aliphatic rings. The van der Waals surface area contributed by atoms with E-state index in [-0.39, 0.29) is 10.9 Å². The Morgan fingerprint density at radius 2 is 1.32 bits per heavy atom. The zero-order valence-corrected chi connectivity index (χ0v) is 12.4. The molecule has 3 heteroatoms. The molecule has 0 saturated carbocycles. The minimum Gasteiger partial charge on any atom is -0.497 e. The second-order valence-electron chi connectivity index (χ2n) is 4.04. The van der Waals surface area contributed by atoms with Crippen molar-refractivity contribution in [2.75, 3.05) is 20.0 Å². The molecular weight excluding hydrogens is 256 g/mol. The van der Waals surface area contributed by atoms with Crippen molar-refractivity contribution in [3.63, 3.8) is 0 Å². The molecule has 0 aliphatic heterocycles. The second-order valence-corrected chi connectivity index (χ2v) is 6.34. The Morgan fingerprint density at radius 3 is 1.68 bits per heavy atom. The van der Waals surface area contributed by atoms with Gasteiger partial charge in [-0.05, 0) is 31.2 Å². The third-order valence-corrected chi connectivity index (χ3v) is 5.16. The molecule has 0 radical (unpaired) electrons. The first-order valence-corrected chi connectivity index (χ1v) is 7.67. The smallest absolute Gasteiger partial charge is 0.164 e. The van der Waals surface area contributed by atoms with Gasteiger partial charge in [0.15, 0.2) is 9.79 Å². The summed E-state index contributed by atoms with van der Waals surface area (Å²) in [5.74, 6) is 2.89. The van der Waals surface area contributed by atoms with E-state index in [0.29, 0.717) is 0 Å². The van der Waals surface area contributed by atoms with Gasteiger partial charge in [-0.3, -0.25) is 0 Å². The minimum atomic E-state index is 0.0580. The SMILES string of the molecule is CC[S+](c1cccc(OC)c1)c1cccc(OC)c1. The van der Waals surface area contributed by atoms with Crippen LogP contribution >= 0.6 is 0 Å². The van der Waals surface area contributed by atoms with Gasteiger partial charge in [0.2, 0.25) is 0 Å². The first kappa shape index (κ1) is 13.8. The van der Waals surface area contributed by atoms with Gasteiger partial charge < -0.3 is 9.47 Å². The van der Waals surface area contributed by atoms with Crippen molar-refractivity contribution < 1.29 is 9.47 Å². The van der Waals surface area contributed by atoms with Crippen LogP contribution in [0.1, 0.15) is 6.92 Å². The van der Waals surface area contributed by atoms with Gasteiger partial charge >= 0.3 is 0 Å². The molecule has 0 aromatic heterocycles. The van der Waals surface area contributed by atoms with Crippen LogP contribution in [0.5, 0.6) is 11.5 Å². The van der Waals surface area contributed by atoms with Crippen LogP contribution in [0.25, 0.3) is 0 Å². The van der Waals surface area contributed by atoms with Crippen LogP contribution < -0.4 is 9.47 Å². The Kier molecular flexibility index (Phi) is 4.74. The van der Waals surface area contributed by atoms with Crippen molar-refractivity contribution in [3.05, 3.63) is 48.5 Å². The number of rotatable bonds is 5. The molecule has 100 valence electrons. The van der Waals surface area contributed by atoms with Crippen LogP contribution in [0.3, 0.4) is 0 Å². The summed E-state index contributed by atoms with van der Waals surface area (Å²) >= 11 is 0. The standard InChI is InChI=1S/C16H19O2S/c1-4-19(15-9-5-7-13(11-15)17-2)16-10-6-8-14(12-16)18-3/h5-12H,4H2,1-3H3/q+1. The molecule has 0 heterocycles. The Labute approximate surface area is 117 Å². The maximum atomic E-state index is 5.31. The predicted octanol–water partition coefficient (Wildman–Crippen LogP) is 3.76. The van der Waals surface area contributed by atoms with Crippen LogP contribution in [-0.2, 0) is 10.9 Å². The van der Waals surface area contributed by atoms with Gasteiger partial charge in [0, 0.05) is 12.1 Å². The summed E-state index contributed by atoms with van der Waals surface area (Å²) in [6.07, 6.45) is 0. The topological polar surface area (TPSA) is 18.5 Å². The van der Waals surface area contributed by atoms with E-state index in [1.807, 2.05) is 24.3 Å². The zero-order chi connectivity index (χ0) is 13.7. The van der Waals surface area contributed by atoms with E-state index in [1.54, 1.807) is 14.2 Å². The van der Waals surface area contributed by atoms with Crippen molar-refractivity contribution >= 4 is 10.9 Å². The van der Waals surface area contributed by atoms with Crippen LogP contribution in [-0.4, -0.2) is 20.0 Å². The Bertz CT molecular complexity index is 492. The van der Waals surface area contributed by atoms with Crippen LogP contribution in [0.4, 0.5) is 0 Å². The fourth-order valence-electron chi connectivity index (χ4n) is 1.98. The average molecular weight is 275 g/mol. The fourth-order valence-corrected chi connectivity index (χ4v) is 3.92. The predicted molar refractivity (Wildman–Crippen MR) is 80.4 cm³/mol. The molecule has 2 nitrogen and oxygen atoms in total. The first-order chi connectivity index (χ1) is 9.28. The van der Waals surface area contributed by atoms with E-state index >= 15 is 0 Å². The van der Waals surface area contributed by atoms with Gasteiger partial charge in [-0.25, -0.2) is 0 Å². The van der Waals surface area contributed by atoms with Crippen molar-refractivity contribution in [3.8, 4) is 11.5 Å². The van der Waals surface area contributed by atoms with E-state index in [9.17, 15) is 0 Å². The molecule has 0 fully saturated rings. The summed E-state index contributed by atoms with van der Waals surface area (Å²) in [5.41, 5.74) is 0. The number of ether oxygens (including phenoxy) is 2. The molecule has 2 aromatic rings. The van der Waals surface area contributed by atoms with Gasteiger partial charge in [-0.15, -0.1) is 0 Å². The highest BCUT2D eigenvalue weighted by atomic mass is 32.2. The molecule has 0 spiro atoms. The molecule has 0 unspecified atom stereocenters. The van der Waals surface area contributed by atoms with Gasteiger partial charge in [0.05, 0.1) is 25.1 Å². The lowest BCUT2D eigenvalue weighted by molar-refractivity contribution is 0.413. The molecule has 2 aromatic carbocycles. The molecule has 0 bridgehead atoms. The van der Waals surface area contributed by atoms with E-state index < -0.39 is 0 Å². The average Bonchev–Trinajstić information content (AvgIpc) is 2.48. The zero-order valence-electron chi connectivity index (χ0n) is 11.6. The van der Waals surface area contributed by atoms with Crippen molar-refractivity contribution in [1.82, 2.24) is 0 Å². The summed E-state index contributed by atoms with van der Waals surface area (Å²) in [6.45, 7) is 2.21. The largest absolute Gasteiger partial charge is 0.497 e. The Balaban J connectivity index is 2.37. The van der Waals surface area contributed by atoms with Crippen molar-refractivity contribution in [2.24, 2.45) is 0 Å². The van der Waals surface area contributed by atoms with Crippen molar-refractivity contribution in [1.29, 1.82) is 0 Å². The third kappa shape index (κ3) is 3.24. The maximum absolute atomic E-state index is 5.31. The van der Waals surface area contributed by atoms with Gasteiger partial charge in [-0.2, -0.15) is 0 Å². The minimum absolute atomic E-state index is 0.0580. The molecule has 19 heavy (non-hydrogen) atoms. The highest BCUT2D eigenvalue weighted by Gasteiger charge is 2.23. The van der Waals surface area contributed by atoms with E-state index in [2.05, 4.69) is 31.2 Å². The van der Waals surface area contributed by atoms with Gasteiger partial charge in [0.1, 0.15) is 17.3 Å². The normalized spacial score (nSPS) is 10.5. The Morgan fingerprint density at radius 1 is 0.842 bits per heavy atom. The molecule has 0 atom stereocenters. The molecule has 2 rings (SSSR count).